The highest BCUT2D eigenvalue weighted by molar-refractivity contribution is 5.22. The van der Waals surface area contributed by atoms with Crippen LogP contribution in [0.15, 0.2) is 24.3 Å². The molecule has 2 heteroatoms. The summed E-state index contributed by atoms with van der Waals surface area (Å²) < 4.78 is 10.0. The maximum absolute atomic E-state index is 5.02. The molecule has 0 saturated heterocycles. The number of benzene rings is 1. The average molecular weight is 180 g/mol. The van der Waals surface area contributed by atoms with Gasteiger partial charge < -0.3 is 9.47 Å². The summed E-state index contributed by atoms with van der Waals surface area (Å²) in [6.07, 6.45) is 0.976. The molecule has 0 saturated carbocycles. The molecule has 0 aromatic heterocycles. The Kier molecular flexibility index (Phi) is 4.50. The zero-order valence-electron chi connectivity index (χ0n) is 8.25. The quantitative estimate of drug-likeness (QED) is 0.690. The summed E-state index contributed by atoms with van der Waals surface area (Å²) in [6, 6.07) is 8.42. The lowest BCUT2D eigenvalue weighted by Gasteiger charge is -2.02. The van der Waals surface area contributed by atoms with Crippen LogP contribution in [0.5, 0.6) is 0 Å². The van der Waals surface area contributed by atoms with Crippen molar-refractivity contribution in [1.29, 1.82) is 0 Å². The van der Waals surface area contributed by atoms with Gasteiger partial charge in [-0.3, -0.25) is 0 Å². The largest absolute Gasteiger partial charge is 0.384 e. The minimum Gasteiger partial charge on any atom is -0.384 e. The molecule has 72 valence electrons. The summed E-state index contributed by atoms with van der Waals surface area (Å²) in [7, 11) is 3.43. The van der Waals surface area contributed by atoms with Crippen LogP contribution in [0, 0.1) is 0 Å². The number of hydrogen-bond donors (Lipinski definition) is 0. The van der Waals surface area contributed by atoms with Crippen LogP contribution in [-0.4, -0.2) is 20.8 Å². The summed E-state index contributed by atoms with van der Waals surface area (Å²) in [4.78, 5) is 0. The van der Waals surface area contributed by atoms with Crippen LogP contribution in [0.2, 0.25) is 0 Å². The molecule has 2 nitrogen and oxygen atoms in total. The predicted octanol–water partition coefficient (Wildman–Crippen LogP) is 2.02. The molecule has 1 rings (SSSR count). The molecule has 0 N–H and O–H groups in total. The van der Waals surface area contributed by atoms with Gasteiger partial charge in [0.1, 0.15) is 0 Å². The summed E-state index contributed by atoms with van der Waals surface area (Å²) in [6.45, 7) is 1.47. The van der Waals surface area contributed by atoms with Crippen molar-refractivity contribution in [1.82, 2.24) is 0 Å². The smallest absolute Gasteiger partial charge is 0.0713 e. The molecule has 0 aliphatic carbocycles. The zero-order valence-corrected chi connectivity index (χ0v) is 8.25. The van der Waals surface area contributed by atoms with Gasteiger partial charge in [0.2, 0.25) is 0 Å². The van der Waals surface area contributed by atoms with Crippen LogP contribution in [0.4, 0.5) is 0 Å². The van der Waals surface area contributed by atoms with Crippen molar-refractivity contribution in [2.75, 3.05) is 20.8 Å². The highest BCUT2D eigenvalue weighted by atomic mass is 16.5. The molecule has 0 atom stereocenters. The molecular formula is C11H16O2. The number of rotatable bonds is 5. The zero-order chi connectivity index (χ0) is 9.52. The summed E-state index contributed by atoms with van der Waals surface area (Å²) in [5, 5.41) is 0. The molecule has 0 spiro atoms. The average Bonchev–Trinajstić information content (AvgIpc) is 2.17. The van der Waals surface area contributed by atoms with Crippen LogP contribution in [-0.2, 0) is 22.5 Å². The van der Waals surface area contributed by atoms with Gasteiger partial charge in [0.15, 0.2) is 0 Å². The summed E-state index contributed by atoms with van der Waals surface area (Å²) in [5.41, 5.74) is 2.52. The molecule has 1 aromatic carbocycles. The normalized spacial score (nSPS) is 10.3. The van der Waals surface area contributed by atoms with E-state index in [9.17, 15) is 0 Å². The molecule has 0 radical (unpaired) electrons. The topological polar surface area (TPSA) is 18.5 Å². The minimum absolute atomic E-state index is 0.685. The van der Waals surface area contributed by atoms with E-state index in [1.807, 2.05) is 0 Å². The third-order valence-corrected chi connectivity index (χ3v) is 1.93. The van der Waals surface area contributed by atoms with Gasteiger partial charge in [-0.15, -0.1) is 0 Å². The van der Waals surface area contributed by atoms with E-state index >= 15 is 0 Å². The first kappa shape index (κ1) is 10.2. The Morgan fingerprint density at radius 3 is 2.08 bits per heavy atom. The predicted molar refractivity (Wildman–Crippen MR) is 52.7 cm³/mol. The molecule has 1 aromatic rings. The first-order valence-electron chi connectivity index (χ1n) is 4.42. The maximum Gasteiger partial charge on any atom is 0.0713 e. The fourth-order valence-corrected chi connectivity index (χ4v) is 1.19. The Morgan fingerprint density at radius 2 is 1.54 bits per heavy atom. The number of ether oxygens (including phenoxy) is 2. The van der Waals surface area contributed by atoms with Crippen LogP contribution >= 0.6 is 0 Å². The summed E-state index contributed by atoms with van der Waals surface area (Å²) >= 11 is 0. The van der Waals surface area contributed by atoms with Gasteiger partial charge in [-0.1, -0.05) is 24.3 Å². The molecule has 0 unspecified atom stereocenters. The van der Waals surface area contributed by atoms with Gasteiger partial charge in [-0.05, 0) is 17.5 Å². The molecule has 0 amide bonds. The Morgan fingerprint density at radius 1 is 0.923 bits per heavy atom. The lowest BCUT2D eigenvalue weighted by atomic mass is 10.1. The number of hydrogen-bond acceptors (Lipinski definition) is 2. The molecule has 0 heterocycles. The molecule has 13 heavy (non-hydrogen) atoms. The maximum atomic E-state index is 5.02. The van der Waals surface area contributed by atoms with Crippen molar-refractivity contribution >= 4 is 0 Å². The van der Waals surface area contributed by atoms with Crippen molar-refractivity contribution in [3.63, 3.8) is 0 Å². The SMILES string of the molecule is COCCc1ccc(COC)cc1. The van der Waals surface area contributed by atoms with E-state index in [1.165, 1.54) is 11.1 Å². The Hall–Kier alpha value is -0.860. The van der Waals surface area contributed by atoms with Gasteiger partial charge >= 0.3 is 0 Å². The van der Waals surface area contributed by atoms with Gasteiger partial charge in [0.25, 0.3) is 0 Å². The summed E-state index contributed by atoms with van der Waals surface area (Å²) in [5.74, 6) is 0. The Balaban J connectivity index is 2.48. The standard InChI is InChI=1S/C11H16O2/c1-12-8-7-10-3-5-11(6-4-10)9-13-2/h3-6H,7-9H2,1-2H3. The first-order chi connectivity index (χ1) is 6.36. The van der Waals surface area contributed by atoms with E-state index in [-0.39, 0.29) is 0 Å². The fraction of sp³-hybridized carbons (Fsp3) is 0.455. The lowest BCUT2D eigenvalue weighted by Crippen LogP contribution is -1.95. The van der Waals surface area contributed by atoms with Gasteiger partial charge in [0, 0.05) is 14.2 Å². The van der Waals surface area contributed by atoms with E-state index in [0.717, 1.165) is 13.0 Å². The second kappa shape index (κ2) is 5.73. The van der Waals surface area contributed by atoms with Crippen molar-refractivity contribution in [2.24, 2.45) is 0 Å². The van der Waals surface area contributed by atoms with Gasteiger partial charge in [-0.25, -0.2) is 0 Å². The van der Waals surface area contributed by atoms with E-state index in [2.05, 4.69) is 24.3 Å². The molecule has 0 fully saturated rings. The minimum atomic E-state index is 0.685. The van der Waals surface area contributed by atoms with E-state index in [4.69, 9.17) is 9.47 Å². The lowest BCUT2D eigenvalue weighted by molar-refractivity contribution is 0.185. The van der Waals surface area contributed by atoms with Crippen molar-refractivity contribution in [3.05, 3.63) is 35.4 Å². The van der Waals surface area contributed by atoms with Gasteiger partial charge in [-0.2, -0.15) is 0 Å². The van der Waals surface area contributed by atoms with E-state index in [0.29, 0.717) is 6.61 Å². The fourth-order valence-electron chi connectivity index (χ4n) is 1.19. The number of methoxy groups -OCH3 is 2. The van der Waals surface area contributed by atoms with Crippen LogP contribution in [0.3, 0.4) is 0 Å². The molecule has 0 aliphatic rings. The second-order valence-corrected chi connectivity index (χ2v) is 2.99. The van der Waals surface area contributed by atoms with Crippen molar-refractivity contribution < 1.29 is 9.47 Å². The van der Waals surface area contributed by atoms with Crippen LogP contribution in [0.1, 0.15) is 11.1 Å². The van der Waals surface area contributed by atoms with Crippen molar-refractivity contribution in [2.45, 2.75) is 13.0 Å². The highest BCUT2D eigenvalue weighted by Gasteiger charge is 1.93. The molecular weight excluding hydrogens is 164 g/mol. The van der Waals surface area contributed by atoms with Crippen molar-refractivity contribution in [3.8, 4) is 0 Å². The third-order valence-electron chi connectivity index (χ3n) is 1.93. The molecule has 0 bridgehead atoms. The second-order valence-electron chi connectivity index (χ2n) is 2.99. The Bertz CT molecular complexity index is 228. The van der Waals surface area contributed by atoms with Gasteiger partial charge in [0.05, 0.1) is 13.2 Å². The van der Waals surface area contributed by atoms with E-state index in [1.54, 1.807) is 14.2 Å². The van der Waals surface area contributed by atoms with Crippen LogP contribution < -0.4 is 0 Å². The monoisotopic (exact) mass is 180 g/mol. The van der Waals surface area contributed by atoms with Crippen LogP contribution in [0.25, 0.3) is 0 Å². The first-order valence-corrected chi connectivity index (χ1v) is 4.42. The highest BCUT2D eigenvalue weighted by Crippen LogP contribution is 2.05. The Labute approximate surface area is 79.5 Å². The molecule has 0 aliphatic heterocycles. The van der Waals surface area contributed by atoms with E-state index < -0.39 is 0 Å². The third kappa shape index (κ3) is 3.57.